The van der Waals surface area contributed by atoms with Crippen LogP contribution in [0.4, 0.5) is 0 Å². The maximum atomic E-state index is 12.1. The molecule has 1 heterocycles. The average Bonchev–Trinajstić information content (AvgIpc) is 2.72. The predicted octanol–water partition coefficient (Wildman–Crippen LogP) is 3.35. The first-order valence-electron chi connectivity index (χ1n) is 5.24. The molecule has 0 unspecified atom stereocenters. The lowest BCUT2D eigenvalue weighted by Crippen LogP contribution is -2.23. The van der Waals surface area contributed by atoms with Crippen LogP contribution in [-0.4, -0.2) is 13.4 Å². The van der Waals surface area contributed by atoms with E-state index >= 15 is 0 Å². The third kappa shape index (κ3) is 3.76. The van der Waals surface area contributed by atoms with Gasteiger partial charge in [-0.05, 0) is 25.1 Å². The Balaban J connectivity index is 2.18. The molecule has 0 aliphatic carbocycles. The normalized spacial score (nSPS) is 11.7. The first-order chi connectivity index (χ1) is 8.88. The van der Waals surface area contributed by atoms with Gasteiger partial charge < -0.3 is 0 Å². The molecule has 0 amide bonds. The number of aromatic nitrogens is 1. The van der Waals surface area contributed by atoms with Gasteiger partial charge in [-0.3, -0.25) is 0 Å². The standard InChI is InChI=1S/C11H10BrClN2O2S2/c1-7-6-18-11(15-7)5-14-19(16,17)10-3-2-8(12)4-9(10)13/h2-4,6,14H,5H2,1H3. The molecule has 8 heteroatoms. The van der Waals surface area contributed by atoms with Crippen molar-refractivity contribution in [2.24, 2.45) is 0 Å². The number of hydrogen-bond donors (Lipinski definition) is 1. The summed E-state index contributed by atoms with van der Waals surface area (Å²) in [6, 6.07) is 4.64. The number of nitrogens with zero attached hydrogens (tertiary/aromatic N) is 1. The second kappa shape index (κ2) is 5.88. The first-order valence-corrected chi connectivity index (χ1v) is 8.77. The molecule has 0 atom stereocenters. The summed E-state index contributed by atoms with van der Waals surface area (Å²) in [5, 5.41) is 2.77. The molecule has 2 aromatic rings. The van der Waals surface area contributed by atoms with Crippen LogP contribution < -0.4 is 4.72 Å². The van der Waals surface area contributed by atoms with Crippen LogP contribution in [0.15, 0.2) is 32.9 Å². The Morgan fingerprint density at radius 3 is 2.79 bits per heavy atom. The van der Waals surface area contributed by atoms with E-state index in [9.17, 15) is 8.42 Å². The summed E-state index contributed by atoms with van der Waals surface area (Å²) < 4.78 is 27.4. The Morgan fingerprint density at radius 1 is 1.47 bits per heavy atom. The van der Waals surface area contributed by atoms with Crippen LogP contribution in [-0.2, 0) is 16.6 Å². The molecule has 2 rings (SSSR count). The molecule has 0 aliphatic heterocycles. The van der Waals surface area contributed by atoms with Crippen molar-refractivity contribution in [3.63, 3.8) is 0 Å². The van der Waals surface area contributed by atoms with Crippen molar-refractivity contribution >= 4 is 48.9 Å². The van der Waals surface area contributed by atoms with E-state index in [0.29, 0.717) is 5.01 Å². The Kier molecular flexibility index (Phi) is 4.62. The van der Waals surface area contributed by atoms with Crippen LogP contribution in [0, 0.1) is 6.92 Å². The third-order valence-corrected chi connectivity index (χ3v) is 5.61. The van der Waals surface area contributed by atoms with Gasteiger partial charge in [0, 0.05) is 15.5 Å². The van der Waals surface area contributed by atoms with E-state index in [1.807, 2.05) is 12.3 Å². The van der Waals surface area contributed by atoms with Gasteiger partial charge in [0.2, 0.25) is 10.0 Å². The van der Waals surface area contributed by atoms with E-state index in [1.54, 1.807) is 12.1 Å². The lowest BCUT2D eigenvalue weighted by molar-refractivity contribution is 0.581. The van der Waals surface area contributed by atoms with Crippen molar-refractivity contribution in [3.8, 4) is 0 Å². The summed E-state index contributed by atoms with van der Waals surface area (Å²) >= 11 is 10.6. The SMILES string of the molecule is Cc1csc(CNS(=O)(=O)c2ccc(Br)cc2Cl)n1. The fourth-order valence-corrected chi connectivity index (χ4v) is 4.24. The highest BCUT2D eigenvalue weighted by Crippen LogP contribution is 2.25. The van der Waals surface area contributed by atoms with E-state index < -0.39 is 10.0 Å². The molecule has 4 nitrogen and oxygen atoms in total. The zero-order chi connectivity index (χ0) is 14.0. The Hall–Kier alpha value is -0.470. The summed E-state index contributed by atoms with van der Waals surface area (Å²) in [7, 11) is -3.63. The van der Waals surface area contributed by atoms with Gasteiger partial charge in [0.1, 0.15) is 9.90 Å². The fourth-order valence-electron chi connectivity index (χ4n) is 1.41. The van der Waals surface area contributed by atoms with Crippen molar-refractivity contribution < 1.29 is 8.42 Å². The number of rotatable bonds is 4. The van der Waals surface area contributed by atoms with Crippen LogP contribution >= 0.6 is 38.9 Å². The van der Waals surface area contributed by atoms with E-state index in [1.165, 1.54) is 17.4 Å². The minimum atomic E-state index is -3.63. The van der Waals surface area contributed by atoms with Crippen LogP contribution in [0.5, 0.6) is 0 Å². The molecular formula is C11H10BrClN2O2S2. The third-order valence-electron chi connectivity index (χ3n) is 2.26. The topological polar surface area (TPSA) is 59.1 Å². The highest BCUT2D eigenvalue weighted by atomic mass is 79.9. The fraction of sp³-hybridized carbons (Fsp3) is 0.182. The van der Waals surface area contributed by atoms with Crippen LogP contribution in [0.3, 0.4) is 0 Å². The number of thiazole rings is 1. The number of aryl methyl sites for hydroxylation is 1. The zero-order valence-corrected chi connectivity index (χ0v) is 13.8. The number of hydrogen-bond acceptors (Lipinski definition) is 4. The number of benzene rings is 1. The van der Waals surface area contributed by atoms with E-state index in [0.717, 1.165) is 10.2 Å². The van der Waals surface area contributed by atoms with Gasteiger partial charge in [-0.1, -0.05) is 27.5 Å². The van der Waals surface area contributed by atoms with Gasteiger partial charge in [0.25, 0.3) is 0 Å². The van der Waals surface area contributed by atoms with E-state index in [-0.39, 0.29) is 16.5 Å². The number of halogens is 2. The van der Waals surface area contributed by atoms with Gasteiger partial charge in [-0.25, -0.2) is 18.1 Å². The minimum Gasteiger partial charge on any atom is -0.245 e. The van der Waals surface area contributed by atoms with Crippen LogP contribution in [0.1, 0.15) is 10.7 Å². The number of sulfonamides is 1. The summed E-state index contributed by atoms with van der Waals surface area (Å²) in [5.74, 6) is 0. The van der Waals surface area contributed by atoms with Crippen molar-refractivity contribution in [2.75, 3.05) is 0 Å². The molecular weight excluding hydrogens is 372 g/mol. The lowest BCUT2D eigenvalue weighted by atomic mass is 10.4. The second-order valence-electron chi connectivity index (χ2n) is 3.78. The van der Waals surface area contributed by atoms with Crippen molar-refractivity contribution in [1.29, 1.82) is 0 Å². The largest absolute Gasteiger partial charge is 0.245 e. The molecule has 0 saturated heterocycles. The molecule has 1 aromatic heterocycles. The van der Waals surface area contributed by atoms with E-state index in [4.69, 9.17) is 11.6 Å². The van der Waals surface area contributed by atoms with E-state index in [2.05, 4.69) is 25.6 Å². The number of nitrogens with one attached hydrogen (secondary N) is 1. The van der Waals surface area contributed by atoms with Crippen molar-refractivity contribution in [2.45, 2.75) is 18.4 Å². The molecule has 0 bridgehead atoms. The Morgan fingerprint density at radius 2 is 2.21 bits per heavy atom. The van der Waals surface area contributed by atoms with Gasteiger partial charge in [-0.2, -0.15) is 0 Å². The maximum absolute atomic E-state index is 12.1. The van der Waals surface area contributed by atoms with Crippen molar-refractivity contribution in [3.05, 3.63) is 43.8 Å². The molecule has 1 N–H and O–H groups in total. The summed E-state index contributed by atoms with van der Waals surface area (Å²) in [6.45, 7) is 2.02. The van der Waals surface area contributed by atoms with Gasteiger partial charge >= 0.3 is 0 Å². The molecule has 0 spiro atoms. The van der Waals surface area contributed by atoms with Crippen LogP contribution in [0.2, 0.25) is 5.02 Å². The molecule has 0 fully saturated rings. The minimum absolute atomic E-state index is 0.0608. The van der Waals surface area contributed by atoms with Crippen LogP contribution in [0.25, 0.3) is 0 Å². The summed E-state index contributed by atoms with van der Waals surface area (Å²) in [5.41, 5.74) is 0.876. The highest BCUT2D eigenvalue weighted by molar-refractivity contribution is 9.10. The molecule has 102 valence electrons. The highest BCUT2D eigenvalue weighted by Gasteiger charge is 2.18. The molecule has 0 saturated carbocycles. The summed E-state index contributed by atoms with van der Waals surface area (Å²) in [4.78, 5) is 4.26. The maximum Gasteiger partial charge on any atom is 0.242 e. The smallest absolute Gasteiger partial charge is 0.242 e. The average molecular weight is 382 g/mol. The Bertz CT molecular complexity index is 700. The van der Waals surface area contributed by atoms with Gasteiger partial charge in [0.15, 0.2) is 0 Å². The second-order valence-corrected chi connectivity index (χ2v) is 7.78. The van der Waals surface area contributed by atoms with Gasteiger partial charge in [0.05, 0.1) is 11.6 Å². The lowest BCUT2D eigenvalue weighted by Gasteiger charge is -2.07. The molecule has 0 aliphatic rings. The monoisotopic (exact) mass is 380 g/mol. The first kappa shape index (κ1) is 14.9. The predicted molar refractivity (Wildman–Crippen MR) is 80.0 cm³/mol. The molecule has 19 heavy (non-hydrogen) atoms. The molecule has 0 radical (unpaired) electrons. The Labute approximate surface area is 129 Å². The zero-order valence-electron chi connectivity index (χ0n) is 9.85. The van der Waals surface area contributed by atoms with Crippen molar-refractivity contribution in [1.82, 2.24) is 9.71 Å². The molecule has 1 aromatic carbocycles. The quantitative estimate of drug-likeness (QED) is 0.883. The summed E-state index contributed by atoms with van der Waals surface area (Å²) in [6.07, 6.45) is 0. The van der Waals surface area contributed by atoms with Gasteiger partial charge in [-0.15, -0.1) is 11.3 Å².